The van der Waals surface area contributed by atoms with Gasteiger partial charge in [0.15, 0.2) is 0 Å². The standard InChI is InChI=1S/C10H10FNO4/c1-5-6(3-8(13)14)2-7(4-9(15)16)10(11)12-5/h2H,3-4H2,1H3,(H,13,14)(H,15,16). The summed E-state index contributed by atoms with van der Waals surface area (Å²) >= 11 is 0. The topological polar surface area (TPSA) is 87.5 Å². The summed E-state index contributed by atoms with van der Waals surface area (Å²) < 4.78 is 13.2. The van der Waals surface area contributed by atoms with Crippen molar-refractivity contribution in [2.24, 2.45) is 0 Å². The maximum atomic E-state index is 13.2. The molecule has 6 heteroatoms. The fourth-order valence-corrected chi connectivity index (χ4v) is 1.29. The Morgan fingerprint density at radius 2 is 1.75 bits per heavy atom. The number of aromatic nitrogens is 1. The molecule has 1 heterocycles. The molecule has 1 aromatic heterocycles. The van der Waals surface area contributed by atoms with Crippen molar-refractivity contribution in [2.75, 3.05) is 0 Å². The largest absolute Gasteiger partial charge is 0.481 e. The van der Waals surface area contributed by atoms with Crippen molar-refractivity contribution in [3.8, 4) is 0 Å². The SMILES string of the molecule is Cc1nc(F)c(CC(=O)O)cc1CC(=O)O. The molecule has 0 aliphatic rings. The molecule has 86 valence electrons. The first kappa shape index (κ1) is 12.1. The maximum Gasteiger partial charge on any atom is 0.307 e. The Kier molecular flexibility index (Phi) is 3.55. The van der Waals surface area contributed by atoms with E-state index in [1.807, 2.05) is 0 Å². The molecule has 0 atom stereocenters. The quantitative estimate of drug-likeness (QED) is 0.742. The molecule has 1 aromatic rings. The van der Waals surface area contributed by atoms with Crippen LogP contribution in [0.4, 0.5) is 4.39 Å². The second-order valence-electron chi connectivity index (χ2n) is 3.32. The van der Waals surface area contributed by atoms with Crippen molar-refractivity contribution in [1.82, 2.24) is 4.98 Å². The van der Waals surface area contributed by atoms with Gasteiger partial charge in [0.1, 0.15) is 0 Å². The first-order valence-corrected chi connectivity index (χ1v) is 4.48. The smallest absolute Gasteiger partial charge is 0.307 e. The summed E-state index contributed by atoms with van der Waals surface area (Å²) in [6.07, 6.45) is -0.808. The van der Waals surface area contributed by atoms with Crippen molar-refractivity contribution in [3.63, 3.8) is 0 Å². The highest BCUT2D eigenvalue weighted by Crippen LogP contribution is 2.13. The summed E-state index contributed by atoms with van der Waals surface area (Å²) in [5, 5.41) is 17.1. The molecule has 0 unspecified atom stereocenters. The van der Waals surface area contributed by atoms with E-state index in [-0.39, 0.29) is 17.7 Å². The third kappa shape index (κ3) is 3.01. The Hall–Kier alpha value is -1.98. The molecule has 1 rings (SSSR count). The zero-order chi connectivity index (χ0) is 12.3. The Morgan fingerprint density at radius 3 is 2.25 bits per heavy atom. The van der Waals surface area contributed by atoms with Gasteiger partial charge in [-0.2, -0.15) is 4.39 Å². The van der Waals surface area contributed by atoms with Crippen LogP contribution in [0, 0.1) is 12.9 Å². The minimum atomic E-state index is -1.19. The van der Waals surface area contributed by atoms with Crippen molar-refractivity contribution in [2.45, 2.75) is 19.8 Å². The number of carboxylic acids is 2. The van der Waals surface area contributed by atoms with E-state index in [1.165, 1.54) is 13.0 Å². The molecule has 0 aliphatic carbocycles. The number of aliphatic carboxylic acids is 2. The zero-order valence-corrected chi connectivity index (χ0v) is 8.53. The number of rotatable bonds is 4. The number of halogens is 1. The summed E-state index contributed by atoms with van der Waals surface area (Å²) in [5.74, 6) is -3.13. The van der Waals surface area contributed by atoms with Crippen LogP contribution in [0.25, 0.3) is 0 Å². The summed E-state index contributed by atoms with van der Waals surface area (Å²) in [6.45, 7) is 1.48. The lowest BCUT2D eigenvalue weighted by Crippen LogP contribution is -2.09. The average molecular weight is 227 g/mol. The van der Waals surface area contributed by atoms with Crippen LogP contribution in [-0.4, -0.2) is 27.1 Å². The van der Waals surface area contributed by atoms with Crippen LogP contribution in [0.1, 0.15) is 16.8 Å². The lowest BCUT2D eigenvalue weighted by molar-refractivity contribution is -0.137. The number of pyridine rings is 1. The molecule has 0 bridgehead atoms. The highest BCUT2D eigenvalue weighted by Gasteiger charge is 2.13. The first-order chi connectivity index (χ1) is 7.40. The van der Waals surface area contributed by atoms with Crippen LogP contribution in [0.5, 0.6) is 0 Å². The van der Waals surface area contributed by atoms with Crippen LogP contribution in [0.2, 0.25) is 0 Å². The number of aryl methyl sites for hydroxylation is 1. The van der Waals surface area contributed by atoms with Gasteiger partial charge in [-0.05, 0) is 18.6 Å². The minimum absolute atomic E-state index is 0.102. The molecule has 0 radical (unpaired) electrons. The molecule has 16 heavy (non-hydrogen) atoms. The predicted octanol–water partition coefficient (Wildman–Crippen LogP) is 0.783. The molecular weight excluding hydrogens is 217 g/mol. The van der Waals surface area contributed by atoms with Crippen LogP contribution >= 0.6 is 0 Å². The van der Waals surface area contributed by atoms with E-state index in [1.54, 1.807) is 0 Å². The summed E-state index contributed by atoms with van der Waals surface area (Å²) in [6, 6.07) is 1.24. The molecule has 2 N–H and O–H groups in total. The molecular formula is C10H10FNO4. The Balaban J connectivity index is 3.10. The molecule has 0 saturated carbocycles. The van der Waals surface area contributed by atoms with Crippen LogP contribution in [0.3, 0.4) is 0 Å². The maximum absolute atomic E-state index is 13.2. The second kappa shape index (κ2) is 4.69. The van der Waals surface area contributed by atoms with Gasteiger partial charge in [-0.15, -0.1) is 0 Å². The molecule has 0 fully saturated rings. The Morgan fingerprint density at radius 1 is 1.25 bits per heavy atom. The zero-order valence-electron chi connectivity index (χ0n) is 8.53. The van der Waals surface area contributed by atoms with E-state index in [4.69, 9.17) is 10.2 Å². The summed E-state index contributed by atoms with van der Waals surface area (Å²) in [7, 11) is 0. The summed E-state index contributed by atoms with van der Waals surface area (Å²) in [5.41, 5.74) is 0.480. The van der Waals surface area contributed by atoms with Crippen molar-refractivity contribution >= 4 is 11.9 Å². The first-order valence-electron chi connectivity index (χ1n) is 4.48. The van der Waals surface area contributed by atoms with Crippen molar-refractivity contribution < 1.29 is 24.2 Å². The van der Waals surface area contributed by atoms with E-state index >= 15 is 0 Å². The van der Waals surface area contributed by atoms with Gasteiger partial charge in [0.2, 0.25) is 5.95 Å². The lowest BCUT2D eigenvalue weighted by Gasteiger charge is -2.06. The van der Waals surface area contributed by atoms with Gasteiger partial charge >= 0.3 is 11.9 Å². The van der Waals surface area contributed by atoms with Gasteiger partial charge in [-0.3, -0.25) is 9.59 Å². The monoisotopic (exact) mass is 227 g/mol. The number of hydrogen-bond donors (Lipinski definition) is 2. The fraction of sp³-hybridized carbons (Fsp3) is 0.300. The van der Waals surface area contributed by atoms with Gasteiger partial charge < -0.3 is 10.2 Å². The van der Waals surface area contributed by atoms with E-state index in [0.29, 0.717) is 5.56 Å². The second-order valence-corrected chi connectivity index (χ2v) is 3.32. The van der Waals surface area contributed by atoms with E-state index in [9.17, 15) is 14.0 Å². The average Bonchev–Trinajstić information content (AvgIpc) is 2.11. The Labute approximate surface area is 90.6 Å². The lowest BCUT2D eigenvalue weighted by atomic mass is 10.1. The van der Waals surface area contributed by atoms with E-state index in [0.717, 1.165) is 0 Å². The number of carbonyl (C=O) groups is 2. The van der Waals surface area contributed by atoms with Crippen LogP contribution in [-0.2, 0) is 22.4 Å². The van der Waals surface area contributed by atoms with Gasteiger partial charge in [-0.25, -0.2) is 4.98 Å². The highest BCUT2D eigenvalue weighted by molar-refractivity contribution is 5.72. The third-order valence-electron chi connectivity index (χ3n) is 2.03. The van der Waals surface area contributed by atoms with Gasteiger partial charge in [0, 0.05) is 11.3 Å². The molecule has 0 spiro atoms. The van der Waals surface area contributed by atoms with Crippen LogP contribution < -0.4 is 0 Å². The van der Waals surface area contributed by atoms with Gasteiger partial charge in [-0.1, -0.05) is 0 Å². The predicted molar refractivity (Wildman–Crippen MR) is 51.6 cm³/mol. The van der Waals surface area contributed by atoms with Gasteiger partial charge in [0.05, 0.1) is 12.8 Å². The minimum Gasteiger partial charge on any atom is -0.481 e. The number of carboxylic acid groups (broad SMARTS) is 2. The highest BCUT2D eigenvalue weighted by atomic mass is 19.1. The van der Waals surface area contributed by atoms with Crippen LogP contribution in [0.15, 0.2) is 6.07 Å². The molecule has 0 amide bonds. The van der Waals surface area contributed by atoms with Crippen molar-refractivity contribution in [1.29, 1.82) is 0 Å². The van der Waals surface area contributed by atoms with Gasteiger partial charge in [0.25, 0.3) is 0 Å². The summed E-state index contributed by atoms with van der Waals surface area (Å²) in [4.78, 5) is 24.4. The van der Waals surface area contributed by atoms with E-state index < -0.39 is 24.3 Å². The Bertz CT molecular complexity index is 407. The fourth-order valence-electron chi connectivity index (χ4n) is 1.29. The molecule has 0 aliphatic heterocycles. The molecule has 5 nitrogen and oxygen atoms in total. The van der Waals surface area contributed by atoms with Crippen molar-refractivity contribution in [3.05, 3.63) is 28.8 Å². The van der Waals surface area contributed by atoms with E-state index in [2.05, 4.69) is 4.98 Å². The normalized spacial score (nSPS) is 10.1. The molecule has 0 aromatic carbocycles. The number of hydrogen-bond acceptors (Lipinski definition) is 3. The third-order valence-corrected chi connectivity index (χ3v) is 2.03. The molecule has 0 saturated heterocycles. The number of nitrogens with zero attached hydrogens (tertiary/aromatic N) is 1.